The lowest BCUT2D eigenvalue weighted by molar-refractivity contribution is -0.136. The van der Waals surface area contributed by atoms with E-state index < -0.39 is 17.4 Å². The molecule has 0 saturated heterocycles. The van der Waals surface area contributed by atoms with Gasteiger partial charge in [-0.25, -0.2) is 0 Å². The van der Waals surface area contributed by atoms with Crippen molar-refractivity contribution in [2.45, 2.75) is 6.18 Å². The molecule has 0 aromatic heterocycles. The highest BCUT2D eigenvalue weighted by molar-refractivity contribution is 6.33. The van der Waals surface area contributed by atoms with Crippen molar-refractivity contribution < 1.29 is 13.2 Å². The van der Waals surface area contributed by atoms with Crippen LogP contribution < -0.4 is 5.73 Å². The van der Waals surface area contributed by atoms with Crippen molar-refractivity contribution in [3.05, 3.63) is 28.3 Å². The van der Waals surface area contributed by atoms with Gasteiger partial charge in [0.2, 0.25) is 0 Å². The number of alkyl halides is 3. The molecule has 0 aliphatic heterocycles. The number of benzene rings is 1. The van der Waals surface area contributed by atoms with Crippen molar-refractivity contribution in [2.24, 2.45) is 0 Å². The van der Waals surface area contributed by atoms with Crippen molar-refractivity contribution in [3.63, 3.8) is 0 Å². The molecule has 1 aromatic rings. The molecule has 2 nitrogen and oxygen atoms in total. The zero-order valence-corrected chi connectivity index (χ0v) is 7.45. The second kappa shape index (κ2) is 3.39. The molecule has 0 bridgehead atoms. The summed E-state index contributed by atoms with van der Waals surface area (Å²) in [4.78, 5) is 0. The Hall–Kier alpha value is -1.41. The Bertz CT molecular complexity index is 406. The average Bonchev–Trinajstić information content (AvgIpc) is 2.07. The fourth-order valence-electron chi connectivity index (χ4n) is 0.917. The summed E-state index contributed by atoms with van der Waals surface area (Å²) in [6, 6.07) is 3.32. The lowest BCUT2D eigenvalue weighted by Gasteiger charge is -2.11. The van der Waals surface area contributed by atoms with E-state index in [1.807, 2.05) is 0 Å². The van der Waals surface area contributed by atoms with Crippen LogP contribution in [0.4, 0.5) is 18.9 Å². The molecular formula is C8H4ClF3N2. The minimum absolute atomic E-state index is 0.170. The van der Waals surface area contributed by atoms with Gasteiger partial charge in [-0.3, -0.25) is 0 Å². The van der Waals surface area contributed by atoms with Gasteiger partial charge in [0.1, 0.15) is 0 Å². The van der Waals surface area contributed by atoms with Gasteiger partial charge >= 0.3 is 6.18 Å². The molecular weight excluding hydrogens is 217 g/mol. The quantitative estimate of drug-likeness (QED) is 0.684. The molecule has 0 spiro atoms. The lowest BCUT2D eigenvalue weighted by Crippen LogP contribution is -2.09. The molecule has 74 valence electrons. The molecule has 0 unspecified atom stereocenters. The fourth-order valence-corrected chi connectivity index (χ4v) is 1.14. The summed E-state index contributed by atoms with van der Waals surface area (Å²) in [5.41, 5.74) is 3.32. The van der Waals surface area contributed by atoms with Gasteiger partial charge in [0, 0.05) is 0 Å². The summed E-state index contributed by atoms with van der Waals surface area (Å²) in [7, 11) is 0. The van der Waals surface area contributed by atoms with Gasteiger partial charge in [-0.1, -0.05) is 11.6 Å². The first kappa shape index (κ1) is 10.7. The van der Waals surface area contributed by atoms with Gasteiger partial charge in [-0.15, -0.1) is 0 Å². The van der Waals surface area contributed by atoms with Gasteiger partial charge in [-0.05, 0) is 12.1 Å². The number of anilines is 1. The summed E-state index contributed by atoms with van der Waals surface area (Å²) < 4.78 is 36.9. The number of hydrogen-bond acceptors (Lipinski definition) is 2. The minimum atomic E-state index is -4.60. The van der Waals surface area contributed by atoms with E-state index in [0.29, 0.717) is 6.07 Å². The molecule has 0 aliphatic carbocycles. The SMILES string of the molecule is N#Cc1cc(Cl)c(N)c(C(F)(F)F)c1. The van der Waals surface area contributed by atoms with Gasteiger partial charge < -0.3 is 5.73 Å². The van der Waals surface area contributed by atoms with Crippen molar-refractivity contribution >= 4 is 17.3 Å². The molecule has 2 N–H and O–H groups in total. The summed E-state index contributed by atoms with van der Waals surface area (Å²) in [5.74, 6) is 0. The first-order chi connectivity index (χ1) is 6.36. The number of rotatable bonds is 0. The van der Waals surface area contributed by atoms with Crippen LogP contribution >= 0.6 is 11.6 Å². The maximum Gasteiger partial charge on any atom is 0.418 e. The highest BCUT2D eigenvalue weighted by atomic mass is 35.5. The second-order valence-corrected chi connectivity index (χ2v) is 2.94. The number of nitriles is 1. The lowest BCUT2D eigenvalue weighted by atomic mass is 10.1. The van der Waals surface area contributed by atoms with Crippen LogP contribution in [0, 0.1) is 11.3 Å². The third kappa shape index (κ3) is 1.91. The summed E-state index contributed by atoms with van der Waals surface area (Å²) >= 11 is 5.43. The number of hydrogen-bond donors (Lipinski definition) is 1. The van der Waals surface area contributed by atoms with E-state index in [1.54, 1.807) is 6.07 Å². The first-order valence-electron chi connectivity index (χ1n) is 3.42. The zero-order chi connectivity index (χ0) is 10.9. The molecule has 14 heavy (non-hydrogen) atoms. The Labute approximate surface area is 82.7 Å². The van der Waals surface area contributed by atoms with Crippen molar-refractivity contribution in [1.29, 1.82) is 5.26 Å². The van der Waals surface area contributed by atoms with E-state index in [2.05, 4.69) is 0 Å². The molecule has 0 amide bonds. The molecule has 0 atom stereocenters. The van der Waals surface area contributed by atoms with Gasteiger partial charge in [0.25, 0.3) is 0 Å². The second-order valence-electron chi connectivity index (χ2n) is 2.53. The maximum atomic E-state index is 12.3. The van der Waals surface area contributed by atoms with E-state index in [0.717, 1.165) is 6.07 Å². The van der Waals surface area contributed by atoms with E-state index in [9.17, 15) is 13.2 Å². The largest absolute Gasteiger partial charge is 0.418 e. The van der Waals surface area contributed by atoms with E-state index in [-0.39, 0.29) is 10.6 Å². The molecule has 0 heterocycles. The van der Waals surface area contributed by atoms with Crippen LogP contribution in [-0.2, 0) is 6.18 Å². The monoisotopic (exact) mass is 220 g/mol. The highest BCUT2D eigenvalue weighted by Gasteiger charge is 2.34. The predicted octanol–water partition coefficient (Wildman–Crippen LogP) is 2.81. The van der Waals surface area contributed by atoms with Gasteiger partial charge in [0.05, 0.1) is 27.9 Å². The third-order valence-corrected chi connectivity index (χ3v) is 1.88. The first-order valence-corrected chi connectivity index (χ1v) is 3.80. The third-order valence-electron chi connectivity index (χ3n) is 1.56. The number of halogens is 4. The van der Waals surface area contributed by atoms with Crippen LogP contribution in [0.2, 0.25) is 5.02 Å². The van der Waals surface area contributed by atoms with Crippen LogP contribution in [0.5, 0.6) is 0 Å². The van der Waals surface area contributed by atoms with E-state index >= 15 is 0 Å². The molecule has 6 heteroatoms. The minimum Gasteiger partial charge on any atom is -0.397 e. The smallest absolute Gasteiger partial charge is 0.397 e. The summed E-state index contributed by atoms with van der Waals surface area (Å²) in [5, 5.41) is 8.16. The van der Waals surface area contributed by atoms with Crippen molar-refractivity contribution in [2.75, 3.05) is 5.73 Å². The van der Waals surface area contributed by atoms with Gasteiger partial charge in [-0.2, -0.15) is 18.4 Å². The maximum absolute atomic E-state index is 12.3. The van der Waals surface area contributed by atoms with E-state index in [4.69, 9.17) is 22.6 Å². The van der Waals surface area contributed by atoms with Crippen LogP contribution in [0.3, 0.4) is 0 Å². The molecule has 0 fully saturated rings. The number of nitrogens with zero attached hydrogens (tertiary/aromatic N) is 1. The Morgan fingerprint density at radius 3 is 2.36 bits per heavy atom. The predicted molar refractivity (Wildman–Crippen MR) is 45.6 cm³/mol. The average molecular weight is 221 g/mol. The van der Waals surface area contributed by atoms with Crippen molar-refractivity contribution in [1.82, 2.24) is 0 Å². The van der Waals surface area contributed by atoms with Crippen LogP contribution in [0.15, 0.2) is 12.1 Å². The topological polar surface area (TPSA) is 49.8 Å². The molecule has 1 rings (SSSR count). The Morgan fingerprint density at radius 2 is 1.93 bits per heavy atom. The number of nitrogens with two attached hydrogens (primary N) is 1. The molecule has 0 radical (unpaired) electrons. The highest BCUT2D eigenvalue weighted by Crippen LogP contribution is 2.37. The summed E-state index contributed by atoms with van der Waals surface area (Å²) in [6.45, 7) is 0. The zero-order valence-electron chi connectivity index (χ0n) is 6.69. The van der Waals surface area contributed by atoms with Crippen LogP contribution in [0.25, 0.3) is 0 Å². The molecule has 1 aromatic carbocycles. The van der Waals surface area contributed by atoms with Crippen LogP contribution in [-0.4, -0.2) is 0 Å². The van der Waals surface area contributed by atoms with E-state index in [1.165, 1.54) is 0 Å². The fraction of sp³-hybridized carbons (Fsp3) is 0.125. The van der Waals surface area contributed by atoms with Crippen molar-refractivity contribution in [3.8, 4) is 6.07 Å². The van der Waals surface area contributed by atoms with Gasteiger partial charge in [0.15, 0.2) is 0 Å². The Balaban J connectivity index is 3.44. The molecule has 0 saturated carbocycles. The Kier molecular flexibility index (Phi) is 2.58. The Morgan fingerprint density at radius 1 is 1.36 bits per heavy atom. The standard InChI is InChI=1S/C8H4ClF3N2/c9-6-2-4(3-13)1-5(7(6)14)8(10,11)12/h1-2H,14H2. The van der Waals surface area contributed by atoms with Crippen LogP contribution in [0.1, 0.15) is 11.1 Å². The normalized spacial score (nSPS) is 11.1. The molecule has 0 aliphatic rings. The number of nitrogen functional groups attached to an aromatic ring is 1. The summed E-state index contributed by atoms with van der Waals surface area (Å²) in [6.07, 6.45) is -4.60.